The first-order chi connectivity index (χ1) is 33.2. The Kier molecular flexibility index (Phi) is 15.1. The van der Waals surface area contributed by atoms with Crippen molar-refractivity contribution in [2.45, 2.75) is 77.7 Å². The minimum Gasteiger partial charge on any atom is -0.502 e. The van der Waals surface area contributed by atoms with Crippen LogP contribution in [-0.2, 0) is 42.5 Å². The number of nitrogens with one attached hydrogen (secondary N) is 2. The van der Waals surface area contributed by atoms with Gasteiger partial charge in [0.1, 0.15) is 17.3 Å². The number of carbonyl (C=O) groups excluding carboxylic acids is 1. The van der Waals surface area contributed by atoms with Gasteiger partial charge in [-0.2, -0.15) is 9.97 Å². The quantitative estimate of drug-likeness (QED) is 0.0795. The van der Waals surface area contributed by atoms with Gasteiger partial charge in [-0.25, -0.2) is 36.0 Å². The summed E-state index contributed by atoms with van der Waals surface area (Å²) < 4.78 is 76.7. The fraction of sp³-hybridized carbons (Fsp3) is 0.333. The minimum absolute atomic E-state index is 0.0618. The number of fused-ring (bicyclic) bond motifs is 2. The van der Waals surface area contributed by atoms with Crippen molar-refractivity contribution >= 4 is 43.3 Å². The van der Waals surface area contributed by atoms with Gasteiger partial charge in [-0.1, -0.05) is 46.7 Å². The van der Waals surface area contributed by atoms with E-state index in [1.54, 1.807) is 48.5 Å². The van der Waals surface area contributed by atoms with Crippen molar-refractivity contribution in [2.75, 3.05) is 25.6 Å². The van der Waals surface area contributed by atoms with Crippen LogP contribution in [-0.4, -0.2) is 96.8 Å². The van der Waals surface area contributed by atoms with Gasteiger partial charge in [-0.3, -0.25) is 9.59 Å². The van der Waals surface area contributed by atoms with Gasteiger partial charge in [0.15, 0.2) is 5.75 Å². The number of amides is 1. The molecule has 0 spiro atoms. The van der Waals surface area contributed by atoms with E-state index in [1.165, 1.54) is 19.0 Å². The van der Waals surface area contributed by atoms with Crippen molar-refractivity contribution in [1.29, 1.82) is 0 Å². The summed E-state index contributed by atoms with van der Waals surface area (Å²) in [5, 5.41) is 17.1. The Labute approximate surface area is 404 Å². The molecule has 0 saturated carbocycles. The predicted octanol–water partition coefficient (Wildman–Crippen LogP) is 7.47. The van der Waals surface area contributed by atoms with E-state index in [4.69, 9.17) is 36.8 Å². The maximum Gasteiger partial charge on any atom is 0.320 e. The van der Waals surface area contributed by atoms with Crippen LogP contribution >= 0.6 is 0 Å². The first kappa shape index (κ1) is 50.4. The normalized spacial score (nSPS) is 15.1. The average Bonchev–Trinajstić information content (AvgIpc) is 4.14. The number of carbonyl (C=O) groups is 2. The standard InChI is InChI=1S/C25H27N5O5S.C23H22N4O6S/c1-15(2)34-22-12-9-16(13-21(22)26-3)25-27-24(28-35-25)19-8-6-7-18-17(19)10-11-20(18)29-36(32,33)14-23(31)30(4)5;1-13(2)32-20-10-7-14(11-19(20)24-3)23-25-22(26-33-23)17-6-4-5-16-15(17)8-9-18(16)27-34(30,31)12-21(28)29/h6-9,12-13,15,20,29H,10-11,14H2,1-2,4-5H3;4-7,10-11,13,18,27H,8-9,12H2,1-2H3,(H,28,29)/t20-;18-/m00/s1. The molecular weight excluding hydrogens is 943 g/mol. The first-order valence-corrected chi connectivity index (χ1v) is 25.3. The number of nitrogens with zero attached hydrogens (tertiary/aromatic N) is 7. The Hall–Kier alpha value is -7.50. The van der Waals surface area contributed by atoms with E-state index in [9.17, 15) is 26.4 Å². The zero-order valence-electron chi connectivity index (χ0n) is 39.0. The highest BCUT2D eigenvalue weighted by Gasteiger charge is 2.32. The average molecular weight is 992 g/mol. The highest BCUT2D eigenvalue weighted by molar-refractivity contribution is 7.90. The molecule has 0 bridgehead atoms. The molecule has 22 heteroatoms. The highest BCUT2D eigenvalue weighted by Crippen LogP contribution is 2.41. The maximum atomic E-state index is 12.5. The number of aliphatic carboxylic acids is 1. The lowest BCUT2D eigenvalue weighted by Gasteiger charge is -2.16. The number of rotatable bonds is 16. The van der Waals surface area contributed by atoms with Crippen molar-refractivity contribution < 1.29 is 50.1 Å². The third-order valence-corrected chi connectivity index (χ3v) is 13.6. The molecule has 2 aliphatic rings. The third-order valence-electron chi connectivity index (χ3n) is 11.0. The van der Waals surface area contributed by atoms with Crippen LogP contribution in [0.5, 0.6) is 11.5 Å². The molecule has 0 fully saturated rings. The molecule has 3 N–H and O–H groups in total. The maximum absolute atomic E-state index is 12.5. The highest BCUT2D eigenvalue weighted by atomic mass is 32.2. The van der Waals surface area contributed by atoms with Gasteiger partial charge in [0.2, 0.25) is 49.0 Å². The Morgan fingerprint density at radius 2 is 1.14 bits per heavy atom. The topological polar surface area (TPSA) is 255 Å². The minimum atomic E-state index is -3.97. The van der Waals surface area contributed by atoms with E-state index in [2.05, 4.69) is 39.4 Å². The van der Waals surface area contributed by atoms with Gasteiger partial charge in [-0.05, 0) is 112 Å². The summed E-state index contributed by atoms with van der Waals surface area (Å²) in [4.78, 5) is 40.1. The molecular formula is C48H49N9O11S2. The van der Waals surface area contributed by atoms with E-state index in [1.807, 2.05) is 52.0 Å². The molecule has 2 aromatic heterocycles. The Morgan fingerprint density at radius 3 is 1.53 bits per heavy atom. The second kappa shape index (κ2) is 21.0. The van der Waals surface area contributed by atoms with Gasteiger partial charge in [-0.15, -0.1) is 0 Å². The summed E-state index contributed by atoms with van der Waals surface area (Å²) in [6.45, 7) is 22.4. The van der Waals surface area contributed by atoms with Crippen LogP contribution < -0.4 is 18.9 Å². The molecule has 0 radical (unpaired) electrons. The van der Waals surface area contributed by atoms with Crippen molar-refractivity contribution in [3.63, 3.8) is 0 Å². The summed E-state index contributed by atoms with van der Waals surface area (Å²) >= 11 is 0. The van der Waals surface area contributed by atoms with Crippen molar-refractivity contribution in [1.82, 2.24) is 34.6 Å². The largest absolute Gasteiger partial charge is 0.502 e. The van der Waals surface area contributed by atoms with Crippen molar-refractivity contribution in [3.8, 4) is 57.2 Å². The second-order valence-electron chi connectivity index (χ2n) is 17.1. The number of ether oxygens (including phenoxy) is 2. The number of carboxylic acid groups (broad SMARTS) is 1. The van der Waals surface area contributed by atoms with E-state index in [0.717, 1.165) is 27.8 Å². The predicted molar refractivity (Wildman–Crippen MR) is 257 cm³/mol. The van der Waals surface area contributed by atoms with Crippen LogP contribution in [0.4, 0.5) is 11.4 Å². The van der Waals surface area contributed by atoms with E-state index < -0.39 is 55.5 Å². The molecule has 0 aliphatic heterocycles. The van der Waals surface area contributed by atoms with E-state index in [-0.39, 0.29) is 24.0 Å². The first-order valence-electron chi connectivity index (χ1n) is 22.0. The molecule has 70 heavy (non-hydrogen) atoms. The summed E-state index contributed by atoms with van der Waals surface area (Å²) in [6.07, 6.45) is 2.10. The number of benzene rings is 4. The van der Waals surface area contributed by atoms with Gasteiger partial charge in [0.05, 0.1) is 25.4 Å². The molecule has 20 nitrogen and oxygen atoms in total. The monoisotopic (exact) mass is 991 g/mol. The number of hydrogen-bond acceptors (Lipinski definition) is 14. The molecule has 0 unspecified atom stereocenters. The Morgan fingerprint density at radius 1 is 0.714 bits per heavy atom. The van der Waals surface area contributed by atoms with Crippen LogP contribution in [0.25, 0.3) is 55.4 Å². The molecule has 1 amide bonds. The lowest BCUT2D eigenvalue weighted by molar-refractivity contribution is -0.134. The summed E-state index contributed by atoms with van der Waals surface area (Å²) in [5.74, 6) is -1.30. The third kappa shape index (κ3) is 11.8. The van der Waals surface area contributed by atoms with Gasteiger partial charge in [0.25, 0.3) is 11.8 Å². The van der Waals surface area contributed by atoms with Gasteiger partial charge in [0, 0.05) is 48.4 Å². The lowest BCUT2D eigenvalue weighted by atomic mass is 10.0. The van der Waals surface area contributed by atoms with Crippen molar-refractivity contribution in [2.24, 2.45) is 0 Å². The van der Waals surface area contributed by atoms with Crippen LogP contribution in [0.3, 0.4) is 0 Å². The molecule has 8 rings (SSSR count). The van der Waals surface area contributed by atoms with Crippen LogP contribution in [0, 0.1) is 13.1 Å². The molecule has 4 aromatic carbocycles. The zero-order chi connectivity index (χ0) is 50.5. The van der Waals surface area contributed by atoms with E-state index >= 15 is 0 Å². The lowest BCUT2D eigenvalue weighted by Crippen LogP contribution is -2.37. The molecule has 364 valence electrons. The van der Waals surface area contributed by atoms with E-state index in [0.29, 0.717) is 76.9 Å². The summed E-state index contributed by atoms with van der Waals surface area (Å²) in [5.41, 5.74) is 6.70. The van der Waals surface area contributed by atoms with Crippen LogP contribution in [0.1, 0.15) is 74.9 Å². The molecule has 6 aromatic rings. The SMILES string of the molecule is [C-]#[N+]c1cc(-c2nc(-c3cccc4c3CC[C@@H]4NS(=O)(=O)CC(=O)N(C)C)no2)ccc1OC(C)C.[C-]#[N+]c1cc(-c2nc(-c3cccc4c3CC[C@@H]4NS(=O)(=O)CC(=O)O)no2)ccc1OC(C)C. The summed E-state index contributed by atoms with van der Waals surface area (Å²) in [6, 6.07) is 20.2. The fourth-order valence-corrected chi connectivity index (χ4v) is 10.5. The smallest absolute Gasteiger partial charge is 0.320 e. The zero-order valence-corrected chi connectivity index (χ0v) is 40.6. The van der Waals surface area contributed by atoms with Gasteiger partial charge < -0.3 is 28.5 Å². The number of hydrogen-bond donors (Lipinski definition) is 3. The number of aromatic nitrogens is 4. The summed E-state index contributed by atoms with van der Waals surface area (Å²) in [7, 11) is -4.74. The Bertz CT molecular complexity index is 3260. The molecule has 2 aliphatic carbocycles. The molecule has 2 atom stereocenters. The number of carboxylic acids is 1. The van der Waals surface area contributed by atoms with Crippen molar-refractivity contribution in [3.05, 3.63) is 118 Å². The number of sulfonamides is 2. The molecule has 0 saturated heterocycles. The van der Waals surface area contributed by atoms with Crippen LogP contribution in [0.2, 0.25) is 0 Å². The van der Waals surface area contributed by atoms with Gasteiger partial charge >= 0.3 is 5.97 Å². The van der Waals surface area contributed by atoms with Crippen LogP contribution in [0.15, 0.2) is 81.8 Å². The fourth-order valence-electron chi connectivity index (χ4n) is 8.03. The molecule has 2 heterocycles. The second-order valence-corrected chi connectivity index (χ2v) is 20.6. The Balaban J connectivity index is 0.000000207.